The first-order chi connectivity index (χ1) is 24.7. The van der Waals surface area contributed by atoms with Gasteiger partial charge in [-0.25, -0.2) is 15.0 Å². The van der Waals surface area contributed by atoms with Crippen LogP contribution in [0, 0.1) is 0 Å². The molecule has 0 amide bonds. The Morgan fingerprint density at radius 3 is 1.40 bits per heavy atom. The van der Waals surface area contributed by atoms with E-state index in [4.69, 9.17) is 19.9 Å². The third-order valence-electron chi connectivity index (χ3n) is 9.16. The maximum absolute atomic E-state index is 5.02. The third-order valence-corrected chi connectivity index (χ3v) is 9.16. The van der Waals surface area contributed by atoms with Crippen LogP contribution in [0.5, 0.6) is 0 Å². The molecule has 0 atom stereocenters. The van der Waals surface area contributed by atoms with Gasteiger partial charge in [-0.05, 0) is 57.0 Å². The summed E-state index contributed by atoms with van der Waals surface area (Å²) in [7, 11) is 0. The molecule has 50 heavy (non-hydrogen) atoms. The largest absolute Gasteiger partial charge is 0.256 e. The fourth-order valence-electron chi connectivity index (χ4n) is 6.55. The lowest BCUT2D eigenvalue weighted by Crippen LogP contribution is -2.00. The summed E-state index contributed by atoms with van der Waals surface area (Å²) in [6.45, 7) is 0. The van der Waals surface area contributed by atoms with E-state index in [1.165, 1.54) is 10.9 Å². The topological polar surface area (TPSA) is 51.6 Å². The molecular formula is C46H30N4. The predicted octanol–water partition coefficient (Wildman–Crippen LogP) is 11.6. The monoisotopic (exact) mass is 638 g/mol. The number of hydrogen-bond acceptors (Lipinski definition) is 4. The van der Waals surface area contributed by atoms with Crippen molar-refractivity contribution in [2.75, 3.05) is 0 Å². The molecule has 0 unspecified atom stereocenters. The molecule has 0 bridgehead atoms. The second-order valence-electron chi connectivity index (χ2n) is 12.4. The maximum atomic E-state index is 5.02. The Hall–Kier alpha value is -6.78. The Bertz CT molecular complexity index is 2630. The molecular weight excluding hydrogens is 609 g/mol. The van der Waals surface area contributed by atoms with E-state index in [0.29, 0.717) is 17.5 Å². The second kappa shape index (κ2) is 12.7. The van der Waals surface area contributed by atoms with Gasteiger partial charge in [0.2, 0.25) is 0 Å². The van der Waals surface area contributed by atoms with Gasteiger partial charge in [-0.15, -0.1) is 0 Å². The number of aromatic nitrogens is 4. The normalized spacial score (nSPS) is 11.2. The highest BCUT2D eigenvalue weighted by atomic mass is 15.0. The van der Waals surface area contributed by atoms with Gasteiger partial charge in [0, 0.05) is 33.7 Å². The van der Waals surface area contributed by atoms with Crippen molar-refractivity contribution in [1.29, 1.82) is 0 Å². The highest BCUT2D eigenvalue weighted by Crippen LogP contribution is 2.33. The second-order valence-corrected chi connectivity index (χ2v) is 12.4. The summed E-state index contributed by atoms with van der Waals surface area (Å²) in [5, 5.41) is 3.53. The summed E-state index contributed by atoms with van der Waals surface area (Å²) < 4.78 is 0. The van der Waals surface area contributed by atoms with Crippen molar-refractivity contribution < 1.29 is 0 Å². The highest BCUT2D eigenvalue weighted by molar-refractivity contribution is 6.06. The van der Waals surface area contributed by atoms with Gasteiger partial charge >= 0.3 is 0 Å². The summed E-state index contributed by atoms with van der Waals surface area (Å²) in [6.07, 6.45) is 1.96. The summed E-state index contributed by atoms with van der Waals surface area (Å²) in [4.78, 5) is 19.7. The molecule has 0 aliphatic carbocycles. The maximum Gasteiger partial charge on any atom is 0.164 e. The Morgan fingerprint density at radius 2 is 0.720 bits per heavy atom. The van der Waals surface area contributed by atoms with E-state index in [9.17, 15) is 0 Å². The van der Waals surface area contributed by atoms with Crippen molar-refractivity contribution in [2.45, 2.75) is 0 Å². The number of fused-ring (bicyclic) bond motifs is 3. The summed E-state index contributed by atoms with van der Waals surface area (Å²) in [5.41, 5.74) is 10.6. The zero-order valence-electron chi connectivity index (χ0n) is 27.1. The van der Waals surface area contributed by atoms with Crippen molar-refractivity contribution in [3.8, 4) is 67.5 Å². The molecule has 0 spiro atoms. The van der Waals surface area contributed by atoms with Crippen molar-refractivity contribution in [3.63, 3.8) is 0 Å². The van der Waals surface area contributed by atoms with E-state index >= 15 is 0 Å². The molecule has 0 radical (unpaired) electrons. The first-order valence-electron chi connectivity index (χ1n) is 16.7. The van der Waals surface area contributed by atoms with Gasteiger partial charge < -0.3 is 0 Å². The summed E-state index contributed by atoms with van der Waals surface area (Å²) in [6, 6.07) is 61.0. The van der Waals surface area contributed by atoms with Crippen molar-refractivity contribution in [3.05, 3.63) is 182 Å². The van der Waals surface area contributed by atoms with E-state index < -0.39 is 0 Å². The fourth-order valence-corrected chi connectivity index (χ4v) is 6.55. The summed E-state index contributed by atoms with van der Waals surface area (Å²) >= 11 is 0. The Kier molecular flexibility index (Phi) is 7.45. The molecule has 2 heterocycles. The highest BCUT2D eigenvalue weighted by Gasteiger charge is 2.14. The number of hydrogen-bond donors (Lipinski definition) is 0. The van der Waals surface area contributed by atoms with E-state index in [2.05, 4.69) is 140 Å². The van der Waals surface area contributed by atoms with Gasteiger partial charge in [-0.2, -0.15) is 0 Å². The molecule has 0 saturated carbocycles. The molecule has 234 valence electrons. The molecule has 4 heteroatoms. The number of rotatable bonds is 6. The van der Waals surface area contributed by atoms with Crippen LogP contribution in [0.25, 0.3) is 89.2 Å². The minimum Gasteiger partial charge on any atom is -0.256 e. The summed E-state index contributed by atoms with van der Waals surface area (Å²) in [5.74, 6) is 1.91. The molecule has 0 saturated heterocycles. The average molecular weight is 639 g/mol. The molecule has 0 fully saturated rings. The molecule has 9 rings (SSSR count). The van der Waals surface area contributed by atoms with Gasteiger partial charge in [0.05, 0.1) is 5.52 Å². The van der Waals surface area contributed by atoms with Crippen molar-refractivity contribution >= 4 is 21.7 Å². The van der Waals surface area contributed by atoms with Crippen LogP contribution < -0.4 is 0 Å². The Labute approximate surface area is 290 Å². The van der Waals surface area contributed by atoms with Gasteiger partial charge in [-0.3, -0.25) is 4.98 Å². The number of benzene rings is 7. The van der Waals surface area contributed by atoms with Crippen LogP contribution in [0.15, 0.2) is 182 Å². The Morgan fingerprint density at radius 1 is 0.280 bits per heavy atom. The van der Waals surface area contributed by atoms with Gasteiger partial charge in [0.25, 0.3) is 0 Å². The molecule has 7 aromatic carbocycles. The lowest BCUT2D eigenvalue weighted by atomic mass is 9.96. The Balaban J connectivity index is 1.09. The lowest BCUT2D eigenvalue weighted by molar-refractivity contribution is 1.07. The van der Waals surface area contributed by atoms with Crippen LogP contribution >= 0.6 is 0 Å². The lowest BCUT2D eigenvalue weighted by Gasteiger charge is -2.11. The first kappa shape index (κ1) is 29.4. The van der Waals surface area contributed by atoms with Crippen LogP contribution in [0.1, 0.15) is 0 Å². The van der Waals surface area contributed by atoms with E-state index in [-0.39, 0.29) is 0 Å². The molecule has 0 N–H and O–H groups in total. The van der Waals surface area contributed by atoms with Gasteiger partial charge in [0.15, 0.2) is 17.5 Å². The van der Waals surface area contributed by atoms with Crippen LogP contribution in [0.4, 0.5) is 0 Å². The van der Waals surface area contributed by atoms with Crippen LogP contribution in [0.2, 0.25) is 0 Å². The average Bonchev–Trinajstić information content (AvgIpc) is 3.21. The molecule has 0 aliphatic rings. The number of nitrogens with zero attached hydrogens (tertiary/aromatic N) is 4. The zero-order valence-corrected chi connectivity index (χ0v) is 27.1. The third kappa shape index (κ3) is 5.69. The van der Waals surface area contributed by atoms with E-state index in [1.807, 2.05) is 42.6 Å². The molecule has 4 nitrogen and oxygen atoms in total. The van der Waals surface area contributed by atoms with Crippen LogP contribution in [-0.2, 0) is 0 Å². The molecule has 0 aliphatic heterocycles. The first-order valence-corrected chi connectivity index (χ1v) is 16.7. The van der Waals surface area contributed by atoms with Gasteiger partial charge in [0.1, 0.15) is 0 Å². The zero-order chi connectivity index (χ0) is 33.3. The number of pyridine rings is 1. The minimum absolute atomic E-state index is 0.631. The standard InChI is InChI=1S/C46H30N4/c1-3-11-31(12-4-1)32-21-23-34(24-22-32)45-48-44(33-13-5-2-6-14-33)49-46(50-45)39-19-10-18-37(28-39)35-16-9-17-36(27-35)38-25-26-42-41-20-8-7-15-40(41)30-47-43(42)29-38/h1-30H. The van der Waals surface area contributed by atoms with Crippen LogP contribution in [-0.4, -0.2) is 19.9 Å². The predicted molar refractivity (Wildman–Crippen MR) is 205 cm³/mol. The van der Waals surface area contributed by atoms with Gasteiger partial charge in [-0.1, -0.05) is 158 Å². The van der Waals surface area contributed by atoms with Crippen LogP contribution in [0.3, 0.4) is 0 Å². The SMILES string of the molecule is c1ccc(-c2ccc(-c3nc(-c4ccccc4)nc(-c4cccc(-c5cccc(-c6ccc7c(c6)ncc6ccccc67)c5)c4)n3)cc2)cc1. The smallest absolute Gasteiger partial charge is 0.164 e. The van der Waals surface area contributed by atoms with Crippen molar-refractivity contribution in [2.24, 2.45) is 0 Å². The minimum atomic E-state index is 0.631. The van der Waals surface area contributed by atoms with E-state index in [0.717, 1.165) is 60.8 Å². The van der Waals surface area contributed by atoms with E-state index in [1.54, 1.807) is 0 Å². The molecule has 2 aromatic heterocycles. The quantitative estimate of drug-likeness (QED) is 0.170. The van der Waals surface area contributed by atoms with Crippen molar-refractivity contribution in [1.82, 2.24) is 19.9 Å². The molecule has 9 aromatic rings. The fraction of sp³-hybridized carbons (Fsp3) is 0.